The standard InChI is InChI=1S/C19H30O3Si2/c1-23(2,18-8-6-5-7-9-18)15-16(14-21)12-17-13-19(10-11-20)24(3,4)22-17/h5-10,15,17,20-21H,11-14H2,1-4H3/b16-15-,19-10+. The van der Waals surface area contributed by atoms with E-state index >= 15 is 0 Å². The number of aliphatic hydroxyl groups is 2. The van der Waals surface area contributed by atoms with Gasteiger partial charge in [0.25, 0.3) is 0 Å². The molecule has 0 spiro atoms. The van der Waals surface area contributed by atoms with E-state index in [9.17, 15) is 10.2 Å². The smallest absolute Gasteiger partial charge is 0.214 e. The van der Waals surface area contributed by atoms with Gasteiger partial charge in [0.1, 0.15) is 8.07 Å². The van der Waals surface area contributed by atoms with Crippen LogP contribution in [-0.4, -0.2) is 45.9 Å². The molecular weight excluding hydrogens is 332 g/mol. The summed E-state index contributed by atoms with van der Waals surface area (Å²) in [4.78, 5) is 0. The van der Waals surface area contributed by atoms with Crippen LogP contribution in [0.3, 0.4) is 0 Å². The third-order valence-corrected chi connectivity index (χ3v) is 10.6. The Morgan fingerprint density at radius 2 is 1.92 bits per heavy atom. The van der Waals surface area contributed by atoms with Crippen LogP contribution in [0.1, 0.15) is 12.8 Å². The Labute approximate surface area is 147 Å². The predicted octanol–water partition coefficient (Wildman–Crippen LogP) is 2.90. The molecule has 132 valence electrons. The van der Waals surface area contributed by atoms with E-state index in [4.69, 9.17) is 4.43 Å². The fourth-order valence-electron chi connectivity index (χ4n) is 3.50. The van der Waals surface area contributed by atoms with Crippen molar-refractivity contribution in [3.63, 3.8) is 0 Å². The second kappa shape index (κ2) is 7.93. The van der Waals surface area contributed by atoms with Crippen LogP contribution >= 0.6 is 0 Å². The van der Waals surface area contributed by atoms with Gasteiger partial charge in [0.15, 0.2) is 0 Å². The Kier molecular flexibility index (Phi) is 6.39. The van der Waals surface area contributed by atoms with Gasteiger partial charge >= 0.3 is 0 Å². The zero-order valence-corrected chi connectivity index (χ0v) is 17.2. The summed E-state index contributed by atoms with van der Waals surface area (Å²) in [5.41, 5.74) is 3.39. The van der Waals surface area contributed by atoms with Crippen molar-refractivity contribution in [3.05, 3.63) is 52.9 Å². The van der Waals surface area contributed by atoms with Crippen molar-refractivity contribution in [2.75, 3.05) is 13.2 Å². The molecule has 2 rings (SSSR count). The van der Waals surface area contributed by atoms with Gasteiger partial charge in [-0.2, -0.15) is 0 Å². The molecule has 1 aromatic carbocycles. The summed E-state index contributed by atoms with van der Waals surface area (Å²) >= 11 is 0. The minimum atomic E-state index is -1.85. The lowest BCUT2D eigenvalue weighted by Crippen LogP contribution is -2.40. The molecule has 0 aromatic heterocycles. The minimum absolute atomic E-state index is 0.0818. The Hall–Kier alpha value is -0.986. The van der Waals surface area contributed by atoms with Gasteiger partial charge < -0.3 is 14.6 Å². The van der Waals surface area contributed by atoms with Crippen molar-refractivity contribution in [1.29, 1.82) is 0 Å². The lowest BCUT2D eigenvalue weighted by Gasteiger charge is -2.22. The Morgan fingerprint density at radius 3 is 2.50 bits per heavy atom. The molecule has 0 bridgehead atoms. The van der Waals surface area contributed by atoms with Crippen molar-refractivity contribution < 1.29 is 14.6 Å². The van der Waals surface area contributed by atoms with E-state index < -0.39 is 16.4 Å². The number of aliphatic hydroxyl groups excluding tert-OH is 2. The Bertz CT molecular complexity index is 606. The average Bonchev–Trinajstić information content (AvgIpc) is 2.81. The summed E-state index contributed by atoms with van der Waals surface area (Å²) in [7, 11) is -3.58. The maximum Gasteiger partial charge on any atom is 0.214 e. The van der Waals surface area contributed by atoms with Gasteiger partial charge in [0.2, 0.25) is 8.32 Å². The van der Waals surface area contributed by atoms with Crippen molar-refractivity contribution in [2.24, 2.45) is 0 Å². The lowest BCUT2D eigenvalue weighted by atomic mass is 10.1. The summed E-state index contributed by atoms with van der Waals surface area (Å²) in [6.45, 7) is 9.15. The van der Waals surface area contributed by atoms with Crippen LogP contribution in [0.4, 0.5) is 0 Å². The van der Waals surface area contributed by atoms with Crippen molar-refractivity contribution >= 4 is 21.6 Å². The van der Waals surface area contributed by atoms with Crippen LogP contribution in [0.2, 0.25) is 26.2 Å². The average molecular weight is 363 g/mol. The van der Waals surface area contributed by atoms with E-state index in [1.165, 1.54) is 10.4 Å². The highest BCUT2D eigenvalue weighted by atomic mass is 28.4. The van der Waals surface area contributed by atoms with Gasteiger partial charge in [-0.1, -0.05) is 65.6 Å². The summed E-state index contributed by atoms with van der Waals surface area (Å²) in [6, 6.07) is 10.6. The molecule has 1 heterocycles. The highest BCUT2D eigenvalue weighted by Crippen LogP contribution is 2.34. The number of rotatable bonds is 6. The molecule has 1 aromatic rings. The third kappa shape index (κ3) is 4.77. The molecule has 1 aliphatic heterocycles. The SMILES string of the molecule is C[Si]1(C)OC(C/C(=C/[Si](C)(C)c2ccccc2)CO)C/C1=C\CO. The number of hydrogen-bond donors (Lipinski definition) is 2. The maximum atomic E-state index is 9.85. The number of hydrogen-bond acceptors (Lipinski definition) is 3. The molecule has 2 N–H and O–H groups in total. The lowest BCUT2D eigenvalue weighted by molar-refractivity contribution is 0.215. The van der Waals surface area contributed by atoms with Gasteiger partial charge in [-0.3, -0.25) is 0 Å². The van der Waals surface area contributed by atoms with E-state index in [1.807, 2.05) is 12.1 Å². The Morgan fingerprint density at radius 1 is 1.25 bits per heavy atom. The molecule has 3 nitrogen and oxygen atoms in total. The largest absolute Gasteiger partial charge is 0.410 e. The van der Waals surface area contributed by atoms with Crippen molar-refractivity contribution in [3.8, 4) is 0 Å². The van der Waals surface area contributed by atoms with Gasteiger partial charge in [-0.05, 0) is 31.5 Å². The molecule has 0 amide bonds. The minimum Gasteiger partial charge on any atom is -0.410 e. The van der Waals surface area contributed by atoms with Crippen LogP contribution in [-0.2, 0) is 4.43 Å². The van der Waals surface area contributed by atoms with Crippen LogP contribution in [0.5, 0.6) is 0 Å². The van der Waals surface area contributed by atoms with E-state index in [2.05, 4.69) is 56.2 Å². The van der Waals surface area contributed by atoms with Crippen LogP contribution in [0.15, 0.2) is 52.9 Å². The monoisotopic (exact) mass is 362 g/mol. The maximum absolute atomic E-state index is 9.85. The summed E-state index contributed by atoms with van der Waals surface area (Å²) in [5, 5.41) is 21.7. The highest BCUT2D eigenvalue weighted by Gasteiger charge is 2.39. The van der Waals surface area contributed by atoms with E-state index in [0.717, 1.165) is 18.4 Å². The summed E-state index contributed by atoms with van der Waals surface area (Å²) in [5.74, 6) is 0. The van der Waals surface area contributed by atoms with Crippen molar-refractivity contribution in [2.45, 2.75) is 45.1 Å². The first-order valence-electron chi connectivity index (χ1n) is 8.63. The predicted molar refractivity (Wildman–Crippen MR) is 105 cm³/mol. The third-order valence-electron chi connectivity index (χ3n) is 4.80. The van der Waals surface area contributed by atoms with Gasteiger partial charge in [-0.25, -0.2) is 0 Å². The molecule has 1 fully saturated rings. The molecule has 0 radical (unpaired) electrons. The van der Waals surface area contributed by atoms with Gasteiger partial charge in [0, 0.05) is 0 Å². The number of benzene rings is 1. The highest BCUT2D eigenvalue weighted by molar-refractivity contribution is 6.94. The van der Waals surface area contributed by atoms with E-state index in [0.29, 0.717) is 0 Å². The van der Waals surface area contributed by atoms with Crippen LogP contribution in [0.25, 0.3) is 0 Å². The van der Waals surface area contributed by atoms with E-state index in [1.54, 1.807) is 0 Å². The fraction of sp³-hybridized carbons (Fsp3) is 0.474. The first-order valence-corrected chi connectivity index (χ1v) is 14.6. The molecule has 1 saturated heterocycles. The molecule has 24 heavy (non-hydrogen) atoms. The van der Waals surface area contributed by atoms with Crippen LogP contribution < -0.4 is 5.19 Å². The first-order chi connectivity index (χ1) is 11.3. The van der Waals surface area contributed by atoms with Crippen LogP contribution in [0, 0.1) is 0 Å². The summed E-state index contributed by atoms with van der Waals surface area (Å²) in [6.07, 6.45) is 3.70. The quantitative estimate of drug-likeness (QED) is 0.765. The molecule has 0 saturated carbocycles. The zero-order chi connectivity index (χ0) is 17.8. The fourth-order valence-corrected chi connectivity index (χ4v) is 8.40. The van der Waals surface area contributed by atoms with Gasteiger partial charge in [-0.15, -0.1) is 0 Å². The normalized spacial score (nSPS) is 23.0. The molecule has 0 aliphatic carbocycles. The van der Waals surface area contributed by atoms with E-state index in [-0.39, 0.29) is 19.3 Å². The van der Waals surface area contributed by atoms with Crippen molar-refractivity contribution in [1.82, 2.24) is 0 Å². The second-order valence-electron chi connectivity index (χ2n) is 7.62. The topological polar surface area (TPSA) is 49.7 Å². The van der Waals surface area contributed by atoms with Gasteiger partial charge in [0.05, 0.1) is 19.3 Å². The Balaban J connectivity index is 2.14. The molecular formula is C19H30O3Si2. The summed E-state index contributed by atoms with van der Waals surface area (Å²) < 4.78 is 6.29. The first kappa shape index (κ1) is 19.3. The molecule has 1 aliphatic rings. The zero-order valence-electron chi connectivity index (χ0n) is 15.2. The molecule has 1 unspecified atom stereocenters. The molecule has 5 heteroatoms. The molecule has 1 atom stereocenters. The second-order valence-corrected chi connectivity index (χ2v) is 15.8.